The second kappa shape index (κ2) is 6.79. The highest BCUT2D eigenvalue weighted by molar-refractivity contribution is 6.00. The normalized spacial score (nSPS) is 10.2. The van der Waals surface area contributed by atoms with Crippen LogP contribution in [0, 0.1) is 0 Å². The lowest BCUT2D eigenvalue weighted by molar-refractivity contribution is 0.0828. The molecule has 0 radical (unpaired) electrons. The van der Waals surface area contributed by atoms with Gasteiger partial charge in [-0.3, -0.25) is 4.79 Å². The van der Waals surface area contributed by atoms with Crippen LogP contribution >= 0.6 is 0 Å². The van der Waals surface area contributed by atoms with Gasteiger partial charge in [0.2, 0.25) is 0 Å². The van der Waals surface area contributed by atoms with Gasteiger partial charge in [0, 0.05) is 32.0 Å². The van der Waals surface area contributed by atoms with Crippen LogP contribution in [0.3, 0.4) is 0 Å². The molecule has 4 heteroatoms. The number of amides is 1. The third-order valence-electron chi connectivity index (χ3n) is 3.25. The molecule has 0 fully saturated rings. The van der Waals surface area contributed by atoms with Crippen molar-refractivity contribution in [3.8, 4) is 0 Å². The number of nitrogens with two attached hydrogens (primary N) is 1. The van der Waals surface area contributed by atoms with Gasteiger partial charge in [-0.25, -0.2) is 0 Å². The lowest BCUT2D eigenvalue weighted by atomic mass is 10.1. The third kappa shape index (κ3) is 3.99. The predicted octanol–water partition coefficient (Wildman–Crippen LogP) is 2.63. The molecule has 3 N–H and O–H groups in total. The molecule has 0 saturated heterocycles. The molecule has 0 bridgehead atoms. The molecule has 0 aliphatic rings. The van der Waals surface area contributed by atoms with Gasteiger partial charge in [0.05, 0.1) is 5.56 Å². The van der Waals surface area contributed by atoms with Crippen molar-refractivity contribution in [2.45, 2.75) is 6.42 Å². The highest BCUT2D eigenvalue weighted by atomic mass is 16.2. The quantitative estimate of drug-likeness (QED) is 0.829. The van der Waals surface area contributed by atoms with Crippen LogP contribution in [0.15, 0.2) is 48.5 Å². The minimum Gasteiger partial charge on any atom is -0.399 e. The predicted molar refractivity (Wildman–Crippen MR) is 87.5 cm³/mol. The summed E-state index contributed by atoms with van der Waals surface area (Å²) in [5, 5.41) is 3.31. The van der Waals surface area contributed by atoms with Crippen LogP contribution in [-0.4, -0.2) is 31.4 Å². The van der Waals surface area contributed by atoms with Gasteiger partial charge < -0.3 is 16.0 Å². The van der Waals surface area contributed by atoms with Crippen molar-refractivity contribution in [3.63, 3.8) is 0 Å². The van der Waals surface area contributed by atoms with E-state index in [4.69, 9.17) is 5.73 Å². The van der Waals surface area contributed by atoms with Crippen molar-refractivity contribution in [2.75, 3.05) is 31.7 Å². The SMILES string of the molecule is CN(C)C(=O)c1ccc(N)cc1NCCc1ccccc1. The van der Waals surface area contributed by atoms with Gasteiger partial charge in [-0.1, -0.05) is 30.3 Å². The Morgan fingerprint density at radius 2 is 1.86 bits per heavy atom. The molecule has 0 spiro atoms. The number of nitrogen functional groups attached to an aromatic ring is 1. The summed E-state index contributed by atoms with van der Waals surface area (Å²) in [5.41, 5.74) is 9.15. The van der Waals surface area contributed by atoms with Crippen molar-refractivity contribution in [1.29, 1.82) is 0 Å². The van der Waals surface area contributed by atoms with Gasteiger partial charge in [-0.05, 0) is 30.2 Å². The number of rotatable bonds is 5. The van der Waals surface area contributed by atoms with E-state index in [1.807, 2.05) is 24.3 Å². The second-order valence-electron chi connectivity index (χ2n) is 5.17. The highest BCUT2D eigenvalue weighted by Gasteiger charge is 2.13. The smallest absolute Gasteiger partial charge is 0.255 e. The van der Waals surface area contributed by atoms with E-state index in [0.29, 0.717) is 11.3 Å². The number of hydrogen-bond acceptors (Lipinski definition) is 3. The summed E-state index contributed by atoms with van der Waals surface area (Å²) >= 11 is 0. The zero-order valence-corrected chi connectivity index (χ0v) is 12.5. The molecule has 2 aromatic rings. The summed E-state index contributed by atoms with van der Waals surface area (Å²) in [6.07, 6.45) is 0.894. The molecule has 2 rings (SSSR count). The molecule has 0 aromatic heterocycles. The van der Waals surface area contributed by atoms with Crippen LogP contribution in [0.2, 0.25) is 0 Å². The van der Waals surface area contributed by atoms with E-state index >= 15 is 0 Å². The van der Waals surface area contributed by atoms with Crippen molar-refractivity contribution in [2.24, 2.45) is 0 Å². The molecule has 2 aromatic carbocycles. The maximum Gasteiger partial charge on any atom is 0.255 e. The Morgan fingerprint density at radius 3 is 2.52 bits per heavy atom. The Hall–Kier alpha value is -2.49. The van der Waals surface area contributed by atoms with Crippen LogP contribution in [0.5, 0.6) is 0 Å². The summed E-state index contributed by atoms with van der Waals surface area (Å²) in [6.45, 7) is 0.751. The van der Waals surface area contributed by atoms with E-state index in [-0.39, 0.29) is 5.91 Å². The number of carbonyl (C=O) groups excluding carboxylic acids is 1. The zero-order chi connectivity index (χ0) is 15.2. The molecule has 0 atom stereocenters. The van der Waals surface area contributed by atoms with Crippen LogP contribution in [0.1, 0.15) is 15.9 Å². The molecule has 0 unspecified atom stereocenters. The molecule has 0 aliphatic heterocycles. The van der Waals surface area contributed by atoms with E-state index < -0.39 is 0 Å². The van der Waals surface area contributed by atoms with Crippen molar-refractivity contribution in [1.82, 2.24) is 4.90 Å². The molecule has 21 heavy (non-hydrogen) atoms. The van der Waals surface area contributed by atoms with Gasteiger partial charge >= 0.3 is 0 Å². The third-order valence-corrected chi connectivity index (χ3v) is 3.25. The Morgan fingerprint density at radius 1 is 1.14 bits per heavy atom. The van der Waals surface area contributed by atoms with Crippen LogP contribution in [0.4, 0.5) is 11.4 Å². The van der Waals surface area contributed by atoms with E-state index in [0.717, 1.165) is 18.7 Å². The van der Waals surface area contributed by atoms with Gasteiger partial charge in [-0.2, -0.15) is 0 Å². The van der Waals surface area contributed by atoms with E-state index in [9.17, 15) is 4.79 Å². The van der Waals surface area contributed by atoms with Crippen LogP contribution in [0.25, 0.3) is 0 Å². The number of nitrogens with one attached hydrogen (secondary N) is 1. The standard InChI is InChI=1S/C17H21N3O/c1-20(2)17(21)15-9-8-14(18)12-16(15)19-11-10-13-6-4-3-5-7-13/h3-9,12,19H,10-11,18H2,1-2H3. The Balaban J connectivity index is 2.08. The Bertz CT molecular complexity index is 609. The lowest BCUT2D eigenvalue weighted by Crippen LogP contribution is -2.23. The van der Waals surface area contributed by atoms with Crippen LogP contribution < -0.4 is 11.1 Å². The van der Waals surface area contributed by atoms with Crippen molar-refractivity contribution in [3.05, 3.63) is 59.7 Å². The Kier molecular flexibility index (Phi) is 4.82. The van der Waals surface area contributed by atoms with Crippen molar-refractivity contribution >= 4 is 17.3 Å². The number of hydrogen-bond donors (Lipinski definition) is 2. The molecule has 0 aliphatic carbocycles. The molecule has 0 saturated carbocycles. The van der Waals surface area contributed by atoms with Gasteiger partial charge in [-0.15, -0.1) is 0 Å². The first-order valence-electron chi connectivity index (χ1n) is 6.97. The first-order valence-corrected chi connectivity index (χ1v) is 6.97. The topological polar surface area (TPSA) is 58.4 Å². The molecule has 4 nitrogen and oxygen atoms in total. The minimum absolute atomic E-state index is 0.0304. The minimum atomic E-state index is -0.0304. The first kappa shape index (κ1) is 14.9. The summed E-state index contributed by atoms with van der Waals surface area (Å²) in [4.78, 5) is 13.7. The number of benzene rings is 2. The second-order valence-corrected chi connectivity index (χ2v) is 5.17. The summed E-state index contributed by atoms with van der Waals surface area (Å²) in [5.74, 6) is -0.0304. The van der Waals surface area contributed by atoms with Gasteiger partial charge in [0.25, 0.3) is 5.91 Å². The molecule has 0 heterocycles. The van der Waals surface area contributed by atoms with Crippen molar-refractivity contribution < 1.29 is 4.79 Å². The fourth-order valence-corrected chi connectivity index (χ4v) is 2.12. The summed E-state index contributed by atoms with van der Waals surface area (Å²) < 4.78 is 0. The zero-order valence-electron chi connectivity index (χ0n) is 12.5. The molecular formula is C17H21N3O. The average molecular weight is 283 g/mol. The van der Waals surface area contributed by atoms with E-state index in [1.165, 1.54) is 5.56 Å². The average Bonchev–Trinajstić information content (AvgIpc) is 2.48. The largest absolute Gasteiger partial charge is 0.399 e. The number of nitrogens with zero attached hydrogens (tertiary/aromatic N) is 1. The lowest BCUT2D eigenvalue weighted by Gasteiger charge is -2.16. The van der Waals surface area contributed by atoms with Gasteiger partial charge in [0.15, 0.2) is 0 Å². The molecule has 1 amide bonds. The maximum atomic E-state index is 12.2. The van der Waals surface area contributed by atoms with Gasteiger partial charge in [0.1, 0.15) is 0 Å². The summed E-state index contributed by atoms with van der Waals surface area (Å²) in [7, 11) is 3.48. The van der Waals surface area contributed by atoms with E-state index in [2.05, 4.69) is 17.4 Å². The number of carbonyl (C=O) groups is 1. The summed E-state index contributed by atoms with van der Waals surface area (Å²) in [6, 6.07) is 15.6. The fraction of sp³-hybridized carbons (Fsp3) is 0.235. The maximum absolute atomic E-state index is 12.2. The number of anilines is 2. The molecule has 110 valence electrons. The first-order chi connectivity index (χ1) is 10.1. The highest BCUT2D eigenvalue weighted by Crippen LogP contribution is 2.20. The fourth-order valence-electron chi connectivity index (χ4n) is 2.12. The molecular weight excluding hydrogens is 262 g/mol. The van der Waals surface area contributed by atoms with E-state index in [1.54, 1.807) is 31.1 Å². The monoisotopic (exact) mass is 283 g/mol. The Labute approximate surface area is 125 Å². The van der Waals surface area contributed by atoms with Crippen LogP contribution in [-0.2, 0) is 6.42 Å².